The number of fused-ring (bicyclic) bond motifs is 3. The lowest BCUT2D eigenvalue weighted by molar-refractivity contribution is -0.0461. The maximum Gasteiger partial charge on any atom is 0.190 e. The SMILES string of the molecule is CCc1ccc(C2=NN3[C@H](C2)c2cc(Br)ccc2O[C@@H]3C(C)C)cc1. The molecule has 130 valence electrons. The Morgan fingerprint density at radius 3 is 2.64 bits per heavy atom. The Morgan fingerprint density at radius 1 is 1.20 bits per heavy atom. The van der Waals surface area contributed by atoms with Gasteiger partial charge in [0.05, 0.1) is 11.8 Å². The minimum absolute atomic E-state index is 0.0221. The van der Waals surface area contributed by atoms with Crippen LogP contribution in [0.1, 0.15) is 49.9 Å². The van der Waals surface area contributed by atoms with Gasteiger partial charge in [-0.1, -0.05) is 61.0 Å². The summed E-state index contributed by atoms with van der Waals surface area (Å²) in [6.45, 7) is 6.56. The van der Waals surface area contributed by atoms with Crippen LogP contribution in [-0.2, 0) is 6.42 Å². The van der Waals surface area contributed by atoms with Crippen LogP contribution in [-0.4, -0.2) is 16.9 Å². The maximum atomic E-state index is 6.28. The Hall–Kier alpha value is -1.81. The fourth-order valence-corrected chi connectivity index (χ4v) is 4.01. The predicted molar refractivity (Wildman–Crippen MR) is 105 cm³/mol. The van der Waals surface area contributed by atoms with E-state index in [0.717, 1.165) is 28.8 Å². The molecule has 2 atom stereocenters. The van der Waals surface area contributed by atoms with Crippen molar-refractivity contribution in [1.29, 1.82) is 0 Å². The third-order valence-electron chi connectivity index (χ3n) is 5.05. The van der Waals surface area contributed by atoms with Crippen LogP contribution in [0.2, 0.25) is 0 Å². The number of nitrogens with zero attached hydrogens (tertiary/aromatic N) is 2. The van der Waals surface area contributed by atoms with Gasteiger partial charge >= 0.3 is 0 Å². The fourth-order valence-electron chi connectivity index (χ4n) is 3.63. The van der Waals surface area contributed by atoms with E-state index in [-0.39, 0.29) is 12.3 Å². The summed E-state index contributed by atoms with van der Waals surface area (Å²) < 4.78 is 7.36. The van der Waals surface area contributed by atoms with E-state index in [1.807, 2.05) is 6.07 Å². The minimum atomic E-state index is -0.0221. The Labute approximate surface area is 157 Å². The van der Waals surface area contributed by atoms with E-state index < -0.39 is 0 Å². The molecule has 2 aromatic carbocycles. The van der Waals surface area contributed by atoms with Crippen molar-refractivity contribution < 1.29 is 4.74 Å². The minimum Gasteiger partial charge on any atom is -0.468 e. The van der Waals surface area contributed by atoms with Gasteiger partial charge in [-0.2, -0.15) is 5.10 Å². The van der Waals surface area contributed by atoms with Gasteiger partial charge in [0.15, 0.2) is 6.23 Å². The monoisotopic (exact) mass is 398 g/mol. The standard InChI is InChI=1S/C21H23BrN2O/c1-4-14-5-7-15(8-6-14)18-12-19-17-11-16(22)9-10-20(17)25-21(13(2)3)24(19)23-18/h5-11,13,19,21H,4,12H2,1-3H3/t19-,21-/m1/s1. The summed E-state index contributed by atoms with van der Waals surface area (Å²) in [7, 11) is 0. The highest BCUT2D eigenvalue weighted by Crippen LogP contribution is 2.45. The molecule has 25 heavy (non-hydrogen) atoms. The van der Waals surface area contributed by atoms with Gasteiger partial charge in [0.2, 0.25) is 0 Å². The second kappa shape index (κ2) is 6.49. The lowest BCUT2D eigenvalue weighted by Crippen LogP contribution is -2.43. The number of aryl methyl sites for hydroxylation is 1. The van der Waals surface area contributed by atoms with Gasteiger partial charge in [-0.25, -0.2) is 5.01 Å². The van der Waals surface area contributed by atoms with Crippen molar-refractivity contribution in [2.24, 2.45) is 11.0 Å². The highest BCUT2D eigenvalue weighted by molar-refractivity contribution is 9.10. The topological polar surface area (TPSA) is 24.8 Å². The molecule has 0 aliphatic carbocycles. The molecule has 2 aliphatic rings. The average Bonchev–Trinajstić information content (AvgIpc) is 3.06. The number of hydrogen-bond donors (Lipinski definition) is 0. The molecule has 0 fully saturated rings. The highest BCUT2D eigenvalue weighted by atomic mass is 79.9. The van der Waals surface area contributed by atoms with E-state index in [9.17, 15) is 0 Å². The molecular formula is C21H23BrN2O. The first-order valence-corrected chi connectivity index (χ1v) is 9.77. The molecule has 2 heterocycles. The van der Waals surface area contributed by atoms with Crippen LogP contribution in [0.5, 0.6) is 5.75 Å². The summed E-state index contributed by atoms with van der Waals surface area (Å²) in [5, 5.41) is 7.15. The number of hydrazone groups is 1. The quantitative estimate of drug-likeness (QED) is 0.677. The van der Waals surface area contributed by atoms with Crippen LogP contribution in [0.3, 0.4) is 0 Å². The molecule has 4 heteroatoms. The molecule has 2 aliphatic heterocycles. The first kappa shape index (κ1) is 16.6. The van der Waals surface area contributed by atoms with Crippen LogP contribution < -0.4 is 4.74 Å². The number of hydrogen-bond acceptors (Lipinski definition) is 3. The van der Waals surface area contributed by atoms with Crippen LogP contribution >= 0.6 is 15.9 Å². The third kappa shape index (κ3) is 2.97. The molecule has 0 unspecified atom stereocenters. The number of benzene rings is 2. The average molecular weight is 399 g/mol. The molecular weight excluding hydrogens is 376 g/mol. The molecule has 0 saturated carbocycles. The summed E-state index contributed by atoms with van der Waals surface area (Å²) >= 11 is 3.60. The molecule has 0 aromatic heterocycles. The highest BCUT2D eigenvalue weighted by Gasteiger charge is 2.41. The zero-order valence-electron chi connectivity index (χ0n) is 14.9. The van der Waals surface area contributed by atoms with E-state index in [0.29, 0.717) is 5.92 Å². The normalized spacial score (nSPS) is 21.6. The van der Waals surface area contributed by atoms with E-state index in [2.05, 4.69) is 78.1 Å². The smallest absolute Gasteiger partial charge is 0.190 e. The third-order valence-corrected chi connectivity index (χ3v) is 5.54. The summed E-state index contributed by atoms with van der Waals surface area (Å²) in [4.78, 5) is 0. The van der Waals surface area contributed by atoms with E-state index >= 15 is 0 Å². The van der Waals surface area contributed by atoms with Gasteiger partial charge in [0.1, 0.15) is 5.75 Å². The van der Waals surface area contributed by atoms with Gasteiger partial charge in [0.25, 0.3) is 0 Å². The maximum absolute atomic E-state index is 6.28. The molecule has 0 spiro atoms. The lowest BCUT2D eigenvalue weighted by atomic mass is 9.95. The Balaban J connectivity index is 1.72. The van der Waals surface area contributed by atoms with Crippen LogP contribution in [0.15, 0.2) is 52.0 Å². The van der Waals surface area contributed by atoms with Gasteiger partial charge in [-0.15, -0.1) is 0 Å². The van der Waals surface area contributed by atoms with Gasteiger partial charge in [-0.3, -0.25) is 0 Å². The number of halogens is 1. The number of ether oxygens (including phenoxy) is 1. The van der Waals surface area contributed by atoms with Crippen LogP contribution in [0.25, 0.3) is 0 Å². The fraction of sp³-hybridized carbons (Fsp3) is 0.381. The molecule has 0 N–H and O–H groups in total. The van der Waals surface area contributed by atoms with Crippen LogP contribution in [0, 0.1) is 5.92 Å². The largest absolute Gasteiger partial charge is 0.468 e. The van der Waals surface area contributed by atoms with Gasteiger partial charge < -0.3 is 4.74 Å². The summed E-state index contributed by atoms with van der Waals surface area (Å²) in [5.74, 6) is 1.35. The molecule has 4 rings (SSSR count). The second-order valence-corrected chi connectivity index (χ2v) is 8.05. The molecule has 0 bridgehead atoms. The first-order chi connectivity index (χ1) is 12.1. The van der Waals surface area contributed by atoms with Crippen molar-refractivity contribution in [3.8, 4) is 5.75 Å². The lowest BCUT2D eigenvalue weighted by Gasteiger charge is -2.40. The summed E-state index contributed by atoms with van der Waals surface area (Å²) in [5.41, 5.74) is 4.94. The Kier molecular flexibility index (Phi) is 4.32. The number of rotatable bonds is 3. The molecule has 0 radical (unpaired) electrons. The predicted octanol–water partition coefficient (Wildman–Crippen LogP) is 5.54. The molecule has 2 aromatic rings. The van der Waals surface area contributed by atoms with Crippen molar-refractivity contribution in [3.63, 3.8) is 0 Å². The summed E-state index contributed by atoms with van der Waals surface area (Å²) in [6.07, 6.45) is 1.96. The summed E-state index contributed by atoms with van der Waals surface area (Å²) in [6, 6.07) is 15.3. The molecule has 3 nitrogen and oxygen atoms in total. The van der Waals surface area contributed by atoms with Gasteiger partial charge in [-0.05, 0) is 35.7 Å². The Morgan fingerprint density at radius 2 is 1.96 bits per heavy atom. The zero-order chi connectivity index (χ0) is 17.6. The van der Waals surface area contributed by atoms with Crippen molar-refractivity contribution >= 4 is 21.6 Å². The first-order valence-electron chi connectivity index (χ1n) is 8.98. The van der Waals surface area contributed by atoms with Crippen molar-refractivity contribution in [1.82, 2.24) is 5.01 Å². The van der Waals surface area contributed by atoms with Gasteiger partial charge in [0, 0.05) is 22.4 Å². The van der Waals surface area contributed by atoms with E-state index in [1.165, 1.54) is 16.7 Å². The van der Waals surface area contributed by atoms with E-state index in [4.69, 9.17) is 9.84 Å². The molecule has 0 amide bonds. The van der Waals surface area contributed by atoms with Crippen LogP contribution in [0.4, 0.5) is 0 Å². The molecule has 0 saturated heterocycles. The van der Waals surface area contributed by atoms with Crippen molar-refractivity contribution in [3.05, 3.63) is 63.6 Å². The second-order valence-electron chi connectivity index (χ2n) is 7.13. The zero-order valence-corrected chi connectivity index (χ0v) is 16.5. The van der Waals surface area contributed by atoms with Crippen molar-refractivity contribution in [2.75, 3.05) is 0 Å². The Bertz CT molecular complexity index is 813. The van der Waals surface area contributed by atoms with Crippen molar-refractivity contribution in [2.45, 2.75) is 45.9 Å². The van der Waals surface area contributed by atoms with E-state index in [1.54, 1.807) is 0 Å².